The van der Waals surface area contributed by atoms with Gasteiger partial charge in [0.05, 0.1) is 11.6 Å². The molecule has 0 aliphatic heterocycles. The van der Waals surface area contributed by atoms with Gasteiger partial charge in [-0.3, -0.25) is 14.9 Å². The van der Waals surface area contributed by atoms with E-state index in [4.69, 9.17) is 4.74 Å². The van der Waals surface area contributed by atoms with Gasteiger partial charge in [0.15, 0.2) is 0 Å². The number of aryl methyl sites for hydroxylation is 1. The number of carbonyl (C=O) groups is 2. The highest BCUT2D eigenvalue weighted by Gasteiger charge is 2.48. The Bertz CT molecular complexity index is 542. The van der Waals surface area contributed by atoms with Crippen molar-refractivity contribution in [3.8, 4) is 0 Å². The molecule has 1 heterocycles. The molecular formula is C14H21N3O3. The number of nitrogens with one attached hydrogen (secondary N) is 2. The Morgan fingerprint density at radius 2 is 2.05 bits per heavy atom. The molecule has 1 aromatic rings. The maximum absolute atomic E-state index is 12.0. The first kappa shape index (κ1) is 14.6. The quantitative estimate of drug-likeness (QED) is 0.830. The number of aromatic amines is 1. The highest BCUT2D eigenvalue weighted by atomic mass is 16.6. The van der Waals surface area contributed by atoms with Crippen LogP contribution in [0.5, 0.6) is 0 Å². The van der Waals surface area contributed by atoms with E-state index in [1.165, 1.54) is 6.92 Å². The Labute approximate surface area is 118 Å². The maximum Gasteiger partial charge on any atom is 0.310 e. The molecule has 1 aromatic heterocycles. The number of amides is 1. The van der Waals surface area contributed by atoms with E-state index in [0.717, 1.165) is 17.8 Å². The number of hydrogen-bond acceptors (Lipinski definition) is 4. The van der Waals surface area contributed by atoms with E-state index in [-0.39, 0.29) is 23.7 Å². The maximum atomic E-state index is 12.0. The highest BCUT2D eigenvalue weighted by Crippen LogP contribution is 2.49. The van der Waals surface area contributed by atoms with E-state index in [2.05, 4.69) is 15.3 Å². The van der Waals surface area contributed by atoms with Gasteiger partial charge in [0.1, 0.15) is 5.60 Å². The molecule has 0 aromatic carbocycles. The van der Waals surface area contributed by atoms with Crippen LogP contribution in [0.25, 0.3) is 0 Å². The summed E-state index contributed by atoms with van der Waals surface area (Å²) in [6, 6.07) is 0. The molecule has 110 valence electrons. The third-order valence-electron chi connectivity index (χ3n) is 3.07. The molecule has 0 bridgehead atoms. The predicted molar refractivity (Wildman–Crippen MR) is 74.3 cm³/mol. The molecule has 20 heavy (non-hydrogen) atoms. The van der Waals surface area contributed by atoms with Crippen molar-refractivity contribution >= 4 is 17.8 Å². The minimum Gasteiger partial charge on any atom is -0.460 e. The van der Waals surface area contributed by atoms with Gasteiger partial charge in [0, 0.05) is 18.5 Å². The molecule has 2 rings (SSSR count). The van der Waals surface area contributed by atoms with Crippen LogP contribution in [0.1, 0.15) is 51.4 Å². The summed E-state index contributed by atoms with van der Waals surface area (Å²) in [7, 11) is 0. The van der Waals surface area contributed by atoms with Crippen molar-refractivity contribution in [2.24, 2.45) is 5.92 Å². The van der Waals surface area contributed by atoms with E-state index in [1.807, 2.05) is 27.7 Å². The lowest BCUT2D eigenvalue weighted by Gasteiger charge is -2.19. The summed E-state index contributed by atoms with van der Waals surface area (Å²) < 4.78 is 5.38. The minimum atomic E-state index is -0.466. The van der Waals surface area contributed by atoms with Crippen LogP contribution in [0.2, 0.25) is 0 Å². The third kappa shape index (κ3) is 3.37. The molecule has 1 fully saturated rings. The van der Waals surface area contributed by atoms with Gasteiger partial charge in [0.2, 0.25) is 11.9 Å². The third-order valence-corrected chi connectivity index (χ3v) is 3.07. The number of esters is 1. The van der Waals surface area contributed by atoms with Gasteiger partial charge in [-0.15, -0.1) is 0 Å². The first-order chi connectivity index (χ1) is 9.17. The Hall–Kier alpha value is -1.85. The lowest BCUT2D eigenvalue weighted by atomic mass is 10.2. The normalized spacial score (nSPS) is 21.4. The largest absolute Gasteiger partial charge is 0.460 e. The summed E-state index contributed by atoms with van der Waals surface area (Å²) >= 11 is 0. The fourth-order valence-corrected chi connectivity index (χ4v) is 2.20. The van der Waals surface area contributed by atoms with Crippen LogP contribution in [0.4, 0.5) is 5.95 Å². The highest BCUT2D eigenvalue weighted by molar-refractivity contribution is 5.86. The predicted octanol–water partition coefficient (Wildman–Crippen LogP) is 2.12. The molecule has 2 atom stereocenters. The number of carbonyl (C=O) groups excluding carboxylic acids is 2. The summed E-state index contributed by atoms with van der Waals surface area (Å²) in [6.07, 6.45) is 0.750. The SMILES string of the molecule is CC(=O)Nc1nc(C2CC2C(=O)OC(C)(C)C)c(C)[nH]1. The van der Waals surface area contributed by atoms with Gasteiger partial charge >= 0.3 is 5.97 Å². The minimum absolute atomic E-state index is 0.0867. The fourth-order valence-electron chi connectivity index (χ4n) is 2.20. The number of aromatic nitrogens is 2. The van der Waals surface area contributed by atoms with Crippen LogP contribution >= 0.6 is 0 Å². The number of hydrogen-bond donors (Lipinski definition) is 2. The molecule has 1 saturated carbocycles. The van der Waals surface area contributed by atoms with E-state index in [9.17, 15) is 9.59 Å². The van der Waals surface area contributed by atoms with E-state index >= 15 is 0 Å². The van der Waals surface area contributed by atoms with Crippen molar-refractivity contribution in [1.29, 1.82) is 0 Å². The van der Waals surface area contributed by atoms with Crippen molar-refractivity contribution in [2.45, 2.75) is 52.6 Å². The molecule has 2 unspecified atom stereocenters. The number of rotatable bonds is 3. The zero-order valence-electron chi connectivity index (χ0n) is 12.5. The van der Waals surface area contributed by atoms with Gasteiger partial charge in [0.25, 0.3) is 0 Å². The summed E-state index contributed by atoms with van der Waals surface area (Å²) in [6.45, 7) is 8.89. The Morgan fingerprint density at radius 3 is 2.60 bits per heavy atom. The lowest BCUT2D eigenvalue weighted by molar-refractivity contribution is -0.156. The molecule has 0 spiro atoms. The second-order valence-electron chi connectivity index (χ2n) is 6.26. The summed E-state index contributed by atoms with van der Waals surface area (Å²) in [5.74, 6) is 0.0422. The number of imidazole rings is 1. The zero-order chi connectivity index (χ0) is 15.1. The van der Waals surface area contributed by atoms with Crippen LogP contribution in [-0.4, -0.2) is 27.4 Å². The number of anilines is 1. The van der Waals surface area contributed by atoms with Gasteiger partial charge in [-0.1, -0.05) is 0 Å². The van der Waals surface area contributed by atoms with Crippen molar-refractivity contribution in [3.05, 3.63) is 11.4 Å². The van der Waals surface area contributed by atoms with Gasteiger partial charge in [-0.25, -0.2) is 4.98 Å². The average Bonchev–Trinajstić information content (AvgIpc) is 2.95. The summed E-state index contributed by atoms with van der Waals surface area (Å²) in [5.41, 5.74) is 1.25. The van der Waals surface area contributed by atoms with Crippen molar-refractivity contribution in [1.82, 2.24) is 9.97 Å². The fraction of sp³-hybridized carbons (Fsp3) is 0.643. The number of ether oxygens (including phenoxy) is 1. The van der Waals surface area contributed by atoms with Crippen LogP contribution in [0.3, 0.4) is 0 Å². The molecule has 1 amide bonds. The second kappa shape index (κ2) is 4.92. The molecule has 6 nitrogen and oxygen atoms in total. The molecule has 1 aliphatic rings. The standard InChI is InChI=1S/C14H21N3O3/c1-7-11(17-13(15-7)16-8(2)18)9-6-10(9)12(19)20-14(3,4)5/h9-10H,6H2,1-5H3,(H2,15,16,17,18). The molecule has 6 heteroatoms. The Kier molecular flexibility index (Phi) is 3.58. The van der Waals surface area contributed by atoms with Crippen LogP contribution in [0, 0.1) is 12.8 Å². The Balaban J connectivity index is 2.03. The van der Waals surface area contributed by atoms with Gasteiger partial charge in [-0.05, 0) is 34.1 Å². The molecular weight excluding hydrogens is 258 g/mol. The summed E-state index contributed by atoms with van der Waals surface area (Å²) in [5, 5.41) is 2.61. The van der Waals surface area contributed by atoms with Gasteiger partial charge < -0.3 is 9.72 Å². The van der Waals surface area contributed by atoms with Crippen molar-refractivity contribution in [2.75, 3.05) is 5.32 Å². The molecule has 0 saturated heterocycles. The lowest BCUT2D eigenvalue weighted by Crippen LogP contribution is -2.25. The van der Waals surface area contributed by atoms with Crippen LogP contribution in [0.15, 0.2) is 0 Å². The molecule has 1 aliphatic carbocycles. The van der Waals surface area contributed by atoms with Crippen LogP contribution in [-0.2, 0) is 14.3 Å². The smallest absolute Gasteiger partial charge is 0.310 e. The van der Waals surface area contributed by atoms with E-state index in [1.54, 1.807) is 0 Å². The molecule has 0 radical (unpaired) electrons. The van der Waals surface area contributed by atoms with E-state index < -0.39 is 5.60 Å². The monoisotopic (exact) mass is 279 g/mol. The van der Waals surface area contributed by atoms with Crippen LogP contribution < -0.4 is 5.32 Å². The second-order valence-corrected chi connectivity index (χ2v) is 6.26. The first-order valence-electron chi connectivity index (χ1n) is 6.74. The van der Waals surface area contributed by atoms with Crippen molar-refractivity contribution < 1.29 is 14.3 Å². The number of nitrogens with zero attached hydrogens (tertiary/aromatic N) is 1. The molecule has 2 N–H and O–H groups in total. The first-order valence-corrected chi connectivity index (χ1v) is 6.74. The van der Waals surface area contributed by atoms with Crippen molar-refractivity contribution in [3.63, 3.8) is 0 Å². The summed E-state index contributed by atoms with van der Waals surface area (Å²) in [4.78, 5) is 30.3. The average molecular weight is 279 g/mol. The van der Waals surface area contributed by atoms with Gasteiger partial charge in [-0.2, -0.15) is 0 Å². The Morgan fingerprint density at radius 1 is 1.40 bits per heavy atom. The van der Waals surface area contributed by atoms with E-state index in [0.29, 0.717) is 5.95 Å². The number of H-pyrrole nitrogens is 1. The topological polar surface area (TPSA) is 84.1 Å². The zero-order valence-corrected chi connectivity index (χ0v) is 12.5.